The molecule has 1 aliphatic rings. The number of ether oxygens (including phenoxy) is 1. The first-order chi connectivity index (χ1) is 10.3. The second-order valence-corrected chi connectivity index (χ2v) is 5.68. The zero-order chi connectivity index (χ0) is 14.7. The summed E-state index contributed by atoms with van der Waals surface area (Å²) in [4.78, 5) is 0. The second kappa shape index (κ2) is 6.31. The van der Waals surface area contributed by atoms with Gasteiger partial charge in [0.25, 0.3) is 0 Å². The zero-order valence-corrected chi connectivity index (χ0v) is 12.8. The summed E-state index contributed by atoms with van der Waals surface area (Å²) in [5.74, 6) is 0.944. The fourth-order valence-electron chi connectivity index (χ4n) is 3.15. The maximum Gasteiger partial charge on any atom is 0.119 e. The lowest BCUT2D eigenvalue weighted by atomic mass is 10.0. The minimum absolute atomic E-state index is 0.344. The highest BCUT2D eigenvalue weighted by Crippen LogP contribution is 2.32. The molecule has 2 aromatic carbocycles. The van der Waals surface area contributed by atoms with Gasteiger partial charge < -0.3 is 10.1 Å². The Balaban J connectivity index is 1.68. The van der Waals surface area contributed by atoms with E-state index in [1.165, 1.54) is 29.5 Å². The van der Waals surface area contributed by atoms with Crippen LogP contribution in [0.4, 0.5) is 0 Å². The Hall–Kier alpha value is -1.80. The first-order valence-corrected chi connectivity index (χ1v) is 7.84. The third kappa shape index (κ3) is 3.11. The number of aryl methyl sites for hydroxylation is 1. The van der Waals surface area contributed by atoms with Crippen molar-refractivity contribution in [3.05, 3.63) is 65.2 Å². The van der Waals surface area contributed by atoms with Crippen LogP contribution in [0.15, 0.2) is 48.5 Å². The fraction of sp³-hybridized carbons (Fsp3) is 0.368. The molecular weight excluding hydrogens is 258 g/mol. The third-order valence-corrected chi connectivity index (χ3v) is 4.28. The van der Waals surface area contributed by atoms with Crippen LogP contribution in [0.1, 0.15) is 49.0 Å². The van der Waals surface area contributed by atoms with Gasteiger partial charge >= 0.3 is 0 Å². The standard InChI is InChI=1S/C19H23NO/c1-3-21-17-11-8-15(9-12-17)14(2)20-19-13-10-16-6-4-5-7-18(16)19/h4-9,11-12,14,19-20H,3,10,13H2,1-2H3. The minimum atomic E-state index is 0.344. The molecule has 2 heteroatoms. The lowest BCUT2D eigenvalue weighted by Gasteiger charge is -2.21. The summed E-state index contributed by atoms with van der Waals surface area (Å²) >= 11 is 0. The molecule has 0 bridgehead atoms. The Bertz CT molecular complexity index is 591. The number of rotatable bonds is 5. The van der Waals surface area contributed by atoms with E-state index < -0.39 is 0 Å². The van der Waals surface area contributed by atoms with Crippen molar-refractivity contribution in [2.45, 2.75) is 38.8 Å². The smallest absolute Gasteiger partial charge is 0.119 e. The molecule has 0 saturated heterocycles. The van der Waals surface area contributed by atoms with E-state index in [1.54, 1.807) is 0 Å². The molecule has 21 heavy (non-hydrogen) atoms. The normalized spacial score (nSPS) is 18.3. The van der Waals surface area contributed by atoms with Gasteiger partial charge in [0.05, 0.1) is 6.61 Å². The maximum atomic E-state index is 5.50. The van der Waals surface area contributed by atoms with Gasteiger partial charge in [-0.3, -0.25) is 0 Å². The molecule has 0 fully saturated rings. The minimum Gasteiger partial charge on any atom is -0.494 e. The van der Waals surface area contributed by atoms with E-state index in [1.807, 2.05) is 6.92 Å². The lowest BCUT2D eigenvalue weighted by molar-refractivity contribution is 0.340. The Morgan fingerprint density at radius 3 is 2.67 bits per heavy atom. The number of fused-ring (bicyclic) bond motifs is 1. The van der Waals surface area contributed by atoms with Gasteiger partial charge in [-0.1, -0.05) is 36.4 Å². The van der Waals surface area contributed by atoms with Crippen LogP contribution in [0.5, 0.6) is 5.75 Å². The van der Waals surface area contributed by atoms with Crippen LogP contribution in [-0.4, -0.2) is 6.61 Å². The molecule has 0 saturated carbocycles. The van der Waals surface area contributed by atoms with E-state index in [4.69, 9.17) is 4.74 Å². The van der Waals surface area contributed by atoms with E-state index in [-0.39, 0.29) is 0 Å². The van der Waals surface area contributed by atoms with Crippen molar-refractivity contribution in [1.29, 1.82) is 0 Å². The van der Waals surface area contributed by atoms with Crippen LogP contribution in [0.25, 0.3) is 0 Å². The molecule has 0 amide bonds. The Kier molecular flexibility index (Phi) is 4.26. The van der Waals surface area contributed by atoms with E-state index in [0.717, 1.165) is 5.75 Å². The average Bonchev–Trinajstić information content (AvgIpc) is 2.92. The van der Waals surface area contributed by atoms with Crippen molar-refractivity contribution >= 4 is 0 Å². The SMILES string of the molecule is CCOc1ccc(C(C)NC2CCc3ccccc32)cc1. The summed E-state index contributed by atoms with van der Waals surface area (Å²) in [5.41, 5.74) is 4.27. The van der Waals surface area contributed by atoms with Gasteiger partial charge in [-0.25, -0.2) is 0 Å². The van der Waals surface area contributed by atoms with Crippen molar-refractivity contribution in [2.24, 2.45) is 0 Å². The van der Waals surface area contributed by atoms with Crippen molar-refractivity contribution < 1.29 is 4.74 Å². The highest BCUT2D eigenvalue weighted by Gasteiger charge is 2.23. The lowest BCUT2D eigenvalue weighted by Crippen LogP contribution is -2.22. The van der Waals surface area contributed by atoms with Gasteiger partial charge in [0.15, 0.2) is 0 Å². The van der Waals surface area contributed by atoms with Crippen molar-refractivity contribution in [2.75, 3.05) is 6.61 Å². The highest BCUT2D eigenvalue weighted by molar-refractivity contribution is 5.35. The number of benzene rings is 2. The van der Waals surface area contributed by atoms with Gasteiger partial charge in [0.2, 0.25) is 0 Å². The van der Waals surface area contributed by atoms with E-state index in [9.17, 15) is 0 Å². The fourth-order valence-corrected chi connectivity index (χ4v) is 3.15. The average molecular weight is 281 g/mol. The van der Waals surface area contributed by atoms with Crippen molar-refractivity contribution in [3.8, 4) is 5.75 Å². The molecule has 1 aliphatic carbocycles. The van der Waals surface area contributed by atoms with Crippen LogP contribution in [-0.2, 0) is 6.42 Å². The topological polar surface area (TPSA) is 21.3 Å². The third-order valence-electron chi connectivity index (χ3n) is 4.28. The largest absolute Gasteiger partial charge is 0.494 e. The van der Waals surface area contributed by atoms with Crippen LogP contribution in [0.3, 0.4) is 0 Å². The number of hydrogen-bond donors (Lipinski definition) is 1. The van der Waals surface area contributed by atoms with Crippen LogP contribution < -0.4 is 10.1 Å². The Labute approximate surface area is 127 Å². The van der Waals surface area contributed by atoms with Gasteiger partial charge in [-0.2, -0.15) is 0 Å². The molecule has 2 nitrogen and oxygen atoms in total. The number of hydrogen-bond acceptors (Lipinski definition) is 2. The summed E-state index contributed by atoms with van der Waals surface area (Å²) in [5, 5.41) is 3.76. The molecule has 0 heterocycles. The molecule has 2 aromatic rings. The molecule has 0 aromatic heterocycles. The first-order valence-electron chi connectivity index (χ1n) is 7.84. The molecule has 3 rings (SSSR count). The van der Waals surface area contributed by atoms with Crippen LogP contribution in [0, 0.1) is 0 Å². The molecule has 0 aliphatic heterocycles. The first kappa shape index (κ1) is 14.2. The molecule has 1 N–H and O–H groups in total. The van der Waals surface area contributed by atoms with E-state index in [2.05, 4.69) is 60.8 Å². The summed E-state index contributed by atoms with van der Waals surface area (Å²) in [7, 11) is 0. The van der Waals surface area contributed by atoms with Gasteiger partial charge in [-0.15, -0.1) is 0 Å². The summed E-state index contributed by atoms with van der Waals surface area (Å²) in [6.45, 7) is 4.96. The van der Waals surface area contributed by atoms with Gasteiger partial charge in [-0.05, 0) is 55.5 Å². The van der Waals surface area contributed by atoms with Gasteiger partial charge in [0, 0.05) is 12.1 Å². The highest BCUT2D eigenvalue weighted by atomic mass is 16.5. The monoisotopic (exact) mass is 281 g/mol. The van der Waals surface area contributed by atoms with E-state index >= 15 is 0 Å². The summed E-state index contributed by atoms with van der Waals surface area (Å²) in [6.07, 6.45) is 2.38. The Morgan fingerprint density at radius 1 is 1.14 bits per heavy atom. The molecule has 110 valence electrons. The molecular formula is C19H23NO. The molecule has 2 atom stereocenters. The maximum absolute atomic E-state index is 5.50. The predicted molar refractivity (Wildman–Crippen MR) is 86.7 cm³/mol. The van der Waals surface area contributed by atoms with Crippen molar-refractivity contribution in [3.63, 3.8) is 0 Å². The van der Waals surface area contributed by atoms with Crippen LogP contribution >= 0.6 is 0 Å². The van der Waals surface area contributed by atoms with Crippen LogP contribution in [0.2, 0.25) is 0 Å². The second-order valence-electron chi connectivity index (χ2n) is 5.68. The number of nitrogens with one attached hydrogen (secondary N) is 1. The quantitative estimate of drug-likeness (QED) is 0.875. The Morgan fingerprint density at radius 2 is 1.90 bits per heavy atom. The molecule has 0 spiro atoms. The zero-order valence-electron chi connectivity index (χ0n) is 12.8. The van der Waals surface area contributed by atoms with Crippen molar-refractivity contribution in [1.82, 2.24) is 5.32 Å². The summed E-state index contributed by atoms with van der Waals surface area (Å²) < 4.78 is 5.50. The predicted octanol–water partition coefficient (Wildman–Crippen LogP) is 4.42. The van der Waals surface area contributed by atoms with E-state index in [0.29, 0.717) is 18.7 Å². The van der Waals surface area contributed by atoms with Gasteiger partial charge in [0.1, 0.15) is 5.75 Å². The molecule has 0 radical (unpaired) electrons. The summed E-state index contributed by atoms with van der Waals surface area (Å²) in [6, 6.07) is 18.0. The molecule has 2 unspecified atom stereocenters.